The van der Waals surface area contributed by atoms with E-state index >= 15 is 0 Å². The van der Waals surface area contributed by atoms with Crippen LogP contribution < -0.4 is 10.1 Å². The highest BCUT2D eigenvalue weighted by Crippen LogP contribution is 2.27. The van der Waals surface area contributed by atoms with Crippen LogP contribution in [0.15, 0.2) is 73.2 Å². The maximum atomic E-state index is 5.62. The first-order valence-corrected chi connectivity index (χ1v) is 9.22. The molecule has 2 aromatic carbocycles. The van der Waals surface area contributed by atoms with E-state index in [1.54, 1.807) is 19.5 Å². The van der Waals surface area contributed by atoms with Crippen molar-refractivity contribution in [1.29, 1.82) is 0 Å². The molecule has 4 heteroatoms. The molecule has 136 valence electrons. The molecule has 0 aliphatic rings. The fraction of sp³-hybridized carbons (Fsp3) is 0.174. The number of nitrogens with zero attached hydrogens (tertiary/aromatic N) is 1. The second-order valence-electron chi connectivity index (χ2n) is 6.60. The van der Waals surface area contributed by atoms with E-state index in [1.807, 2.05) is 12.1 Å². The quantitative estimate of drug-likeness (QED) is 0.460. The van der Waals surface area contributed by atoms with E-state index in [0.717, 1.165) is 36.4 Å². The summed E-state index contributed by atoms with van der Waals surface area (Å²) in [5.74, 6) is 0.924. The van der Waals surface area contributed by atoms with Crippen LogP contribution in [0.3, 0.4) is 0 Å². The number of hydrogen-bond acceptors (Lipinski definition) is 3. The molecule has 0 atom stereocenters. The molecule has 4 aromatic rings. The van der Waals surface area contributed by atoms with Crippen LogP contribution in [0.4, 0.5) is 11.4 Å². The van der Waals surface area contributed by atoms with Crippen molar-refractivity contribution in [2.24, 2.45) is 0 Å². The number of ether oxygens (including phenoxy) is 1. The Kier molecular flexibility index (Phi) is 5.06. The summed E-state index contributed by atoms with van der Waals surface area (Å²) in [5, 5.41) is 4.70. The van der Waals surface area contributed by atoms with Crippen molar-refractivity contribution in [3.05, 3.63) is 84.3 Å². The number of para-hydroxylation sites is 1. The molecule has 0 radical (unpaired) electrons. The third-order valence-corrected chi connectivity index (χ3v) is 4.82. The van der Waals surface area contributed by atoms with Crippen LogP contribution in [0.5, 0.6) is 5.75 Å². The largest absolute Gasteiger partial charge is 0.496 e. The Balaban J connectivity index is 1.42. The Labute approximate surface area is 159 Å². The van der Waals surface area contributed by atoms with Crippen molar-refractivity contribution >= 4 is 22.3 Å². The Morgan fingerprint density at radius 3 is 2.59 bits per heavy atom. The molecule has 0 aliphatic carbocycles. The SMILES string of the molecule is COc1cc(Nc2ccncc2)ccc1CCCc1c[nH]c2ccccc12. The van der Waals surface area contributed by atoms with Gasteiger partial charge in [-0.05, 0) is 54.7 Å². The normalized spacial score (nSPS) is 10.9. The minimum atomic E-state index is 0.924. The molecule has 0 fully saturated rings. The van der Waals surface area contributed by atoms with Crippen LogP contribution in [0.25, 0.3) is 10.9 Å². The summed E-state index contributed by atoms with van der Waals surface area (Å²) in [4.78, 5) is 7.39. The summed E-state index contributed by atoms with van der Waals surface area (Å²) in [6, 6.07) is 18.7. The number of H-pyrrole nitrogens is 1. The first kappa shape index (κ1) is 17.2. The number of hydrogen-bond donors (Lipinski definition) is 2. The Hall–Kier alpha value is -3.27. The second kappa shape index (κ2) is 7.96. The highest BCUT2D eigenvalue weighted by molar-refractivity contribution is 5.83. The number of aromatic nitrogens is 2. The average molecular weight is 357 g/mol. The molecule has 27 heavy (non-hydrogen) atoms. The van der Waals surface area contributed by atoms with Crippen LogP contribution in [-0.4, -0.2) is 17.1 Å². The van der Waals surface area contributed by atoms with E-state index < -0.39 is 0 Å². The highest BCUT2D eigenvalue weighted by Gasteiger charge is 2.07. The standard InChI is InChI=1S/C23H23N3O/c1-27-23-15-20(26-19-11-13-24-14-12-19)10-9-17(23)5-4-6-18-16-25-22-8-3-2-7-21(18)22/h2-3,7-16,25H,4-6H2,1H3,(H,24,26). The predicted octanol–water partition coefficient (Wildman–Crippen LogP) is 5.49. The number of anilines is 2. The number of pyridine rings is 1. The third kappa shape index (κ3) is 3.95. The molecule has 0 unspecified atom stereocenters. The Morgan fingerprint density at radius 1 is 0.926 bits per heavy atom. The van der Waals surface area contributed by atoms with E-state index in [4.69, 9.17) is 4.74 Å². The molecule has 0 saturated carbocycles. The Morgan fingerprint density at radius 2 is 1.74 bits per heavy atom. The molecule has 0 bridgehead atoms. The predicted molar refractivity (Wildman–Crippen MR) is 111 cm³/mol. The zero-order valence-corrected chi connectivity index (χ0v) is 15.4. The van der Waals surface area contributed by atoms with E-state index in [2.05, 4.69) is 63.9 Å². The lowest BCUT2D eigenvalue weighted by molar-refractivity contribution is 0.409. The topological polar surface area (TPSA) is 49.9 Å². The minimum absolute atomic E-state index is 0.924. The van der Waals surface area contributed by atoms with E-state index in [1.165, 1.54) is 22.0 Å². The first-order valence-electron chi connectivity index (χ1n) is 9.22. The summed E-state index contributed by atoms with van der Waals surface area (Å²) in [7, 11) is 1.73. The summed E-state index contributed by atoms with van der Waals surface area (Å²) >= 11 is 0. The molecular formula is C23H23N3O. The highest BCUT2D eigenvalue weighted by atomic mass is 16.5. The zero-order chi connectivity index (χ0) is 18.5. The number of benzene rings is 2. The van der Waals surface area contributed by atoms with Gasteiger partial charge in [0.25, 0.3) is 0 Å². The van der Waals surface area contributed by atoms with Gasteiger partial charge in [-0.15, -0.1) is 0 Å². The van der Waals surface area contributed by atoms with Gasteiger partial charge >= 0.3 is 0 Å². The molecule has 0 spiro atoms. The third-order valence-electron chi connectivity index (χ3n) is 4.82. The number of fused-ring (bicyclic) bond motifs is 1. The second-order valence-corrected chi connectivity index (χ2v) is 6.60. The van der Waals surface area contributed by atoms with Crippen molar-refractivity contribution in [1.82, 2.24) is 9.97 Å². The summed E-state index contributed by atoms with van der Waals surface area (Å²) in [6.07, 6.45) is 8.79. The van der Waals surface area contributed by atoms with Crippen molar-refractivity contribution in [2.45, 2.75) is 19.3 Å². The first-order chi connectivity index (χ1) is 13.3. The minimum Gasteiger partial charge on any atom is -0.496 e. The van der Waals surface area contributed by atoms with E-state index in [9.17, 15) is 0 Å². The van der Waals surface area contributed by atoms with Crippen molar-refractivity contribution < 1.29 is 4.74 Å². The van der Waals surface area contributed by atoms with Gasteiger partial charge in [0, 0.05) is 46.9 Å². The van der Waals surface area contributed by atoms with Crippen LogP contribution in [-0.2, 0) is 12.8 Å². The fourth-order valence-electron chi connectivity index (χ4n) is 3.44. The molecule has 2 aromatic heterocycles. The average Bonchev–Trinajstić information content (AvgIpc) is 3.13. The maximum Gasteiger partial charge on any atom is 0.124 e. The summed E-state index contributed by atoms with van der Waals surface area (Å²) < 4.78 is 5.62. The molecule has 4 rings (SSSR count). The smallest absolute Gasteiger partial charge is 0.124 e. The van der Waals surface area contributed by atoms with Gasteiger partial charge in [0.1, 0.15) is 5.75 Å². The van der Waals surface area contributed by atoms with E-state index in [0.29, 0.717) is 0 Å². The molecular weight excluding hydrogens is 334 g/mol. The molecule has 0 amide bonds. The van der Waals surface area contributed by atoms with Crippen molar-refractivity contribution in [3.8, 4) is 5.75 Å². The van der Waals surface area contributed by atoms with Gasteiger partial charge in [0.15, 0.2) is 0 Å². The molecule has 2 heterocycles. The fourth-order valence-corrected chi connectivity index (χ4v) is 3.44. The van der Waals surface area contributed by atoms with Gasteiger partial charge in [-0.25, -0.2) is 0 Å². The van der Waals surface area contributed by atoms with Gasteiger partial charge in [-0.3, -0.25) is 4.98 Å². The van der Waals surface area contributed by atoms with Gasteiger partial charge in [-0.2, -0.15) is 0 Å². The van der Waals surface area contributed by atoms with Crippen LogP contribution in [0.2, 0.25) is 0 Å². The van der Waals surface area contributed by atoms with E-state index in [-0.39, 0.29) is 0 Å². The van der Waals surface area contributed by atoms with Gasteiger partial charge < -0.3 is 15.0 Å². The summed E-state index contributed by atoms with van der Waals surface area (Å²) in [6.45, 7) is 0. The van der Waals surface area contributed by atoms with Crippen molar-refractivity contribution in [3.63, 3.8) is 0 Å². The van der Waals surface area contributed by atoms with Crippen molar-refractivity contribution in [2.75, 3.05) is 12.4 Å². The molecule has 0 aliphatic heterocycles. The maximum absolute atomic E-state index is 5.62. The molecule has 4 nitrogen and oxygen atoms in total. The monoisotopic (exact) mass is 357 g/mol. The number of rotatable bonds is 7. The van der Waals surface area contributed by atoms with Gasteiger partial charge in [0.2, 0.25) is 0 Å². The molecule has 0 saturated heterocycles. The van der Waals surface area contributed by atoms with Crippen LogP contribution in [0, 0.1) is 0 Å². The van der Waals surface area contributed by atoms with Crippen LogP contribution in [0.1, 0.15) is 17.5 Å². The van der Waals surface area contributed by atoms with Gasteiger partial charge in [-0.1, -0.05) is 24.3 Å². The van der Waals surface area contributed by atoms with Gasteiger partial charge in [0.05, 0.1) is 7.11 Å². The lowest BCUT2D eigenvalue weighted by Gasteiger charge is -2.12. The van der Waals surface area contributed by atoms with Crippen LogP contribution >= 0.6 is 0 Å². The summed E-state index contributed by atoms with van der Waals surface area (Å²) in [5.41, 5.74) is 5.84. The molecule has 2 N–H and O–H groups in total. The lowest BCUT2D eigenvalue weighted by atomic mass is 10.0. The zero-order valence-electron chi connectivity index (χ0n) is 15.4. The Bertz CT molecular complexity index is 1020. The number of methoxy groups -OCH3 is 1. The number of nitrogens with one attached hydrogen (secondary N) is 2. The number of aromatic amines is 1. The lowest BCUT2D eigenvalue weighted by Crippen LogP contribution is -1.97. The number of aryl methyl sites for hydroxylation is 2.